The second-order valence-electron chi connectivity index (χ2n) is 10.9. The highest BCUT2D eigenvalue weighted by atomic mass is 79.9. The minimum atomic E-state index is -1.52. The minimum Gasteiger partial charge on any atom is -0.497 e. The van der Waals surface area contributed by atoms with Crippen molar-refractivity contribution in [2.75, 3.05) is 12.0 Å². The molecule has 6 heteroatoms. The lowest BCUT2D eigenvalue weighted by Crippen LogP contribution is -2.48. The van der Waals surface area contributed by atoms with Gasteiger partial charge in [0, 0.05) is 32.8 Å². The summed E-state index contributed by atoms with van der Waals surface area (Å²) in [4.78, 5) is 46.2. The van der Waals surface area contributed by atoms with Crippen molar-refractivity contribution in [3.05, 3.63) is 135 Å². The molecule has 0 N–H and O–H groups in total. The number of carbonyl (C=O) groups excluding carboxylic acids is 3. The summed E-state index contributed by atoms with van der Waals surface area (Å²) in [5.41, 5.74) is 3.41. The molecule has 4 aromatic carbocycles. The maximum atomic E-state index is 14.8. The largest absolute Gasteiger partial charge is 0.497 e. The Morgan fingerprint density at radius 3 is 2.27 bits per heavy atom. The summed E-state index contributed by atoms with van der Waals surface area (Å²) in [6.07, 6.45) is 3.94. The van der Waals surface area contributed by atoms with Crippen LogP contribution in [0.2, 0.25) is 0 Å². The number of rotatable bonds is 4. The molecule has 2 aliphatic heterocycles. The molecule has 0 amide bonds. The van der Waals surface area contributed by atoms with Gasteiger partial charge >= 0.3 is 0 Å². The van der Waals surface area contributed by atoms with Gasteiger partial charge in [0.2, 0.25) is 0 Å². The molecule has 4 aromatic rings. The first-order valence-electron chi connectivity index (χ1n) is 13.6. The van der Waals surface area contributed by atoms with Crippen LogP contribution in [0.4, 0.5) is 5.69 Å². The molecule has 0 saturated carbocycles. The number of benzene rings is 4. The number of hydrogen-bond donors (Lipinski definition) is 0. The first kappa shape index (κ1) is 25.7. The van der Waals surface area contributed by atoms with Crippen LogP contribution < -0.4 is 9.64 Å². The third-order valence-corrected chi connectivity index (χ3v) is 9.34. The number of hydrogen-bond acceptors (Lipinski definition) is 5. The second-order valence-corrected chi connectivity index (χ2v) is 11.8. The molecule has 1 aliphatic carbocycles. The lowest BCUT2D eigenvalue weighted by molar-refractivity contribution is 0.0666. The molecular weight excluding hydrogens is 578 g/mol. The highest BCUT2D eigenvalue weighted by molar-refractivity contribution is 9.10. The molecule has 1 saturated heterocycles. The monoisotopic (exact) mass is 603 g/mol. The minimum absolute atomic E-state index is 0.169. The highest BCUT2D eigenvalue weighted by Crippen LogP contribution is 2.61. The van der Waals surface area contributed by atoms with Crippen LogP contribution in [0, 0.1) is 12.3 Å². The first-order valence-corrected chi connectivity index (χ1v) is 14.3. The van der Waals surface area contributed by atoms with Crippen LogP contribution in [0.25, 0.3) is 6.08 Å². The van der Waals surface area contributed by atoms with Gasteiger partial charge in [0.25, 0.3) is 0 Å². The molecule has 7 rings (SSSR count). The summed E-state index contributed by atoms with van der Waals surface area (Å²) in [7, 11) is 1.57. The Kier molecular flexibility index (Phi) is 5.87. The highest BCUT2D eigenvalue weighted by Gasteiger charge is 2.71. The van der Waals surface area contributed by atoms with Gasteiger partial charge in [-0.15, -0.1) is 0 Å². The zero-order valence-electron chi connectivity index (χ0n) is 22.5. The SMILES string of the molecule is COc1cccc(C(=O)[C@@H]2[C@@H](c3ccc(Br)cc3)C3(C(=O)c4ccccc4C3=O)[C@H]3C=Cc4cc(C)ccc4N23)c1. The van der Waals surface area contributed by atoms with E-state index < -0.39 is 23.4 Å². The van der Waals surface area contributed by atoms with Crippen molar-refractivity contribution in [3.8, 4) is 5.75 Å². The van der Waals surface area contributed by atoms with Gasteiger partial charge in [-0.1, -0.05) is 88.2 Å². The Hall–Kier alpha value is -4.29. The molecule has 3 atom stereocenters. The van der Waals surface area contributed by atoms with Gasteiger partial charge in [-0.3, -0.25) is 14.4 Å². The number of nitrogens with zero attached hydrogens (tertiary/aromatic N) is 1. The third-order valence-electron chi connectivity index (χ3n) is 8.81. The average molecular weight is 605 g/mol. The number of methoxy groups -OCH3 is 1. The average Bonchev–Trinajstić information content (AvgIpc) is 3.43. The number of Topliss-reactive ketones (excluding diaryl/α,β-unsaturated/α-hetero) is 3. The molecule has 0 bridgehead atoms. The topological polar surface area (TPSA) is 63.7 Å². The molecular formula is C35H26BrNO4. The third kappa shape index (κ3) is 3.56. The first-order chi connectivity index (χ1) is 19.9. The molecule has 0 radical (unpaired) electrons. The lowest BCUT2D eigenvalue weighted by Gasteiger charge is -2.37. The molecule has 202 valence electrons. The van der Waals surface area contributed by atoms with E-state index in [1.54, 1.807) is 55.6 Å². The van der Waals surface area contributed by atoms with Crippen molar-refractivity contribution >= 4 is 45.0 Å². The Morgan fingerprint density at radius 1 is 0.878 bits per heavy atom. The van der Waals surface area contributed by atoms with Crippen molar-refractivity contribution in [2.45, 2.75) is 24.9 Å². The van der Waals surface area contributed by atoms with Gasteiger partial charge in [0.05, 0.1) is 13.2 Å². The maximum absolute atomic E-state index is 14.8. The van der Waals surface area contributed by atoms with Crippen molar-refractivity contribution in [1.29, 1.82) is 0 Å². The van der Waals surface area contributed by atoms with E-state index in [4.69, 9.17) is 4.74 Å². The van der Waals surface area contributed by atoms with Gasteiger partial charge < -0.3 is 9.64 Å². The van der Waals surface area contributed by atoms with Crippen molar-refractivity contribution < 1.29 is 19.1 Å². The molecule has 5 nitrogen and oxygen atoms in total. The summed E-state index contributed by atoms with van der Waals surface area (Å²) in [6, 6.07) is 26.4. The number of ketones is 3. The van der Waals surface area contributed by atoms with E-state index in [9.17, 15) is 14.4 Å². The molecule has 0 unspecified atom stereocenters. The predicted octanol–water partition coefficient (Wildman–Crippen LogP) is 7.08. The number of ether oxygens (including phenoxy) is 1. The van der Waals surface area contributed by atoms with E-state index >= 15 is 0 Å². The number of fused-ring (bicyclic) bond motifs is 5. The van der Waals surface area contributed by atoms with E-state index in [0.717, 1.165) is 26.9 Å². The van der Waals surface area contributed by atoms with Crippen LogP contribution in [-0.2, 0) is 0 Å². The molecule has 1 spiro atoms. The zero-order chi connectivity index (χ0) is 28.5. The van der Waals surface area contributed by atoms with Gasteiger partial charge in [-0.25, -0.2) is 0 Å². The summed E-state index contributed by atoms with van der Waals surface area (Å²) in [6.45, 7) is 2.02. The predicted molar refractivity (Wildman–Crippen MR) is 162 cm³/mol. The van der Waals surface area contributed by atoms with Crippen LogP contribution in [0.1, 0.15) is 53.7 Å². The number of carbonyl (C=O) groups is 3. The Morgan fingerprint density at radius 2 is 1.59 bits per heavy atom. The molecule has 0 aromatic heterocycles. The molecule has 3 aliphatic rings. The van der Waals surface area contributed by atoms with Crippen molar-refractivity contribution in [1.82, 2.24) is 0 Å². The Bertz CT molecular complexity index is 1760. The fourth-order valence-electron chi connectivity index (χ4n) is 7.09. The summed E-state index contributed by atoms with van der Waals surface area (Å²) in [5, 5.41) is 0. The van der Waals surface area contributed by atoms with E-state index in [-0.39, 0.29) is 17.3 Å². The zero-order valence-corrected chi connectivity index (χ0v) is 24.1. The fourth-order valence-corrected chi connectivity index (χ4v) is 7.35. The normalized spacial score (nSPS) is 21.5. The van der Waals surface area contributed by atoms with E-state index in [1.165, 1.54) is 0 Å². The Balaban J connectivity index is 1.54. The maximum Gasteiger partial charge on any atom is 0.186 e. The smallest absolute Gasteiger partial charge is 0.186 e. The fraction of sp³-hybridized carbons (Fsp3) is 0.171. The molecule has 1 fully saturated rings. The van der Waals surface area contributed by atoms with E-state index in [0.29, 0.717) is 22.4 Å². The summed E-state index contributed by atoms with van der Waals surface area (Å²) in [5.74, 6) is -0.819. The van der Waals surface area contributed by atoms with Gasteiger partial charge in [0.1, 0.15) is 17.2 Å². The number of anilines is 1. The second kappa shape index (κ2) is 9.38. The van der Waals surface area contributed by atoms with Crippen LogP contribution in [-0.4, -0.2) is 36.5 Å². The Labute approximate surface area is 246 Å². The van der Waals surface area contributed by atoms with E-state index in [2.05, 4.69) is 22.0 Å². The van der Waals surface area contributed by atoms with Crippen LogP contribution in [0.15, 0.2) is 102 Å². The lowest BCUT2D eigenvalue weighted by atomic mass is 9.64. The van der Waals surface area contributed by atoms with Gasteiger partial charge in [0.15, 0.2) is 17.3 Å². The van der Waals surface area contributed by atoms with Crippen LogP contribution >= 0.6 is 15.9 Å². The van der Waals surface area contributed by atoms with Gasteiger partial charge in [-0.2, -0.15) is 0 Å². The van der Waals surface area contributed by atoms with Crippen molar-refractivity contribution in [2.24, 2.45) is 5.41 Å². The summed E-state index contributed by atoms with van der Waals surface area (Å²) < 4.78 is 6.32. The van der Waals surface area contributed by atoms with Gasteiger partial charge in [-0.05, 0) is 54.4 Å². The standard InChI is InChI=1S/C35H26BrNO4/c1-20-10-16-28-22(18-20)13-17-29-35(33(39)26-8-3-4-9-27(26)34(35)40)30(21-11-14-24(36)15-12-21)31(37(28)29)32(38)23-6-5-7-25(19-23)41-2/h3-19,29-31H,1-2H3/t29-,30-,31+/m1/s1. The van der Waals surface area contributed by atoms with Crippen LogP contribution in [0.5, 0.6) is 5.75 Å². The molecule has 41 heavy (non-hydrogen) atoms. The number of aryl methyl sites for hydroxylation is 1. The van der Waals surface area contributed by atoms with Crippen LogP contribution in [0.3, 0.4) is 0 Å². The quantitative estimate of drug-likeness (QED) is 0.184. The molecule has 2 heterocycles. The summed E-state index contributed by atoms with van der Waals surface area (Å²) >= 11 is 3.53. The number of halogens is 1. The van der Waals surface area contributed by atoms with E-state index in [1.807, 2.05) is 60.4 Å². The van der Waals surface area contributed by atoms with Crippen molar-refractivity contribution in [3.63, 3.8) is 0 Å².